The molecule has 0 heterocycles. The van der Waals surface area contributed by atoms with Crippen LogP contribution in [0.5, 0.6) is 0 Å². The summed E-state index contributed by atoms with van der Waals surface area (Å²) in [6, 6.07) is -0.874. The molecule has 3 unspecified atom stereocenters. The largest absolute Gasteiger partial charge is 0.472 e. The van der Waals surface area contributed by atoms with Gasteiger partial charge in [-0.1, -0.05) is 283 Å². The molecule has 0 radical (unpaired) electrons. The van der Waals surface area contributed by atoms with E-state index < -0.39 is 20.0 Å². The number of quaternary nitrogens is 1. The Bertz CT molecular complexity index is 2000. The standard InChI is InChI=1S/C77H131N2O7P/c1-7-10-13-16-19-22-25-28-30-32-34-36-37-38-39-40-41-43-44-46-48-51-54-57-60-63-66-69-76(80)78-74(73-85-87(82,83)84-72-71-79(4,5)6)75(68-65-62-59-56-53-50-27-24-21-18-15-12-9-3)86-77(81)70-67-64-61-58-55-52-49-47-45-42-35-33-31-29-26-23-20-17-14-11-8-2/h10-11,13-14,19-20,22-23,28-31,34-36,38-39,41-43,47,49,65,68,74-75H,7-9,12,15-18,21,24-27,32-33,37,40,44-46,48,50-64,66-67,69-73H2,1-6H3,(H-,78,80,82,83)/p+1/b13-10-,14-11-,22-19-,23-20-,30-28-,31-29-,36-34-,39-38-,42-35-,43-41-,49-47-,68-65-. The summed E-state index contributed by atoms with van der Waals surface area (Å²) in [6.45, 7) is 6.76. The van der Waals surface area contributed by atoms with Gasteiger partial charge in [-0.25, -0.2) is 4.57 Å². The van der Waals surface area contributed by atoms with Crippen LogP contribution in [0.3, 0.4) is 0 Å². The van der Waals surface area contributed by atoms with E-state index in [1.807, 2.05) is 33.3 Å². The maximum absolute atomic E-state index is 13.6. The minimum Gasteiger partial charge on any atom is -0.456 e. The molecule has 10 heteroatoms. The number of hydrogen-bond donors (Lipinski definition) is 2. The molecule has 3 atom stereocenters. The molecule has 0 rings (SSSR count). The summed E-state index contributed by atoms with van der Waals surface area (Å²) in [6.07, 6.45) is 94.2. The summed E-state index contributed by atoms with van der Waals surface area (Å²) in [5.41, 5.74) is 0. The van der Waals surface area contributed by atoms with Crippen molar-refractivity contribution in [3.05, 3.63) is 146 Å². The number of nitrogens with one attached hydrogen (secondary N) is 1. The predicted octanol–water partition coefficient (Wildman–Crippen LogP) is 22.6. The Balaban J connectivity index is 5.19. The number of carbonyl (C=O) groups is 2. The number of rotatable bonds is 62. The SMILES string of the molecule is CC/C=C\C/C=C\C/C=C\C/C=C\C/C=C\C/C=C\CCCCCCCCCCC(=O)NC(COP(=O)(O)OCC[N+](C)(C)C)C(/C=C\CCCCCCCCCCCCC)OC(=O)CCCCCCC/C=C\C/C=C\C/C=C\C/C=C\C/C=C\CC. The third-order valence-corrected chi connectivity index (χ3v) is 15.8. The van der Waals surface area contributed by atoms with Gasteiger partial charge in [-0.05, 0) is 128 Å². The molecule has 0 bridgehead atoms. The second kappa shape index (κ2) is 64.9. The molecule has 496 valence electrons. The number of hydrogen-bond acceptors (Lipinski definition) is 6. The third-order valence-electron chi connectivity index (χ3n) is 14.8. The highest BCUT2D eigenvalue weighted by molar-refractivity contribution is 7.47. The normalized spacial score (nSPS) is 14.4. The minimum absolute atomic E-state index is 0.0271. The molecular weight excluding hydrogens is 1100 g/mol. The molecule has 9 nitrogen and oxygen atoms in total. The van der Waals surface area contributed by atoms with Crippen LogP contribution in [0, 0.1) is 0 Å². The van der Waals surface area contributed by atoms with E-state index >= 15 is 0 Å². The molecule has 0 aliphatic heterocycles. The van der Waals surface area contributed by atoms with Crippen molar-refractivity contribution in [1.82, 2.24) is 5.32 Å². The van der Waals surface area contributed by atoms with Crippen molar-refractivity contribution in [2.75, 3.05) is 40.9 Å². The van der Waals surface area contributed by atoms with Gasteiger partial charge in [0.1, 0.15) is 19.3 Å². The third kappa shape index (κ3) is 66.1. The molecule has 0 fully saturated rings. The Hall–Kier alpha value is -4.11. The molecule has 2 N–H and O–H groups in total. The maximum atomic E-state index is 13.6. The summed E-state index contributed by atoms with van der Waals surface area (Å²) in [7, 11) is 1.46. The number of amides is 1. The molecule has 0 aromatic rings. The summed E-state index contributed by atoms with van der Waals surface area (Å²) < 4.78 is 30.8. The van der Waals surface area contributed by atoms with Gasteiger partial charge in [-0.15, -0.1) is 0 Å². The summed E-state index contributed by atoms with van der Waals surface area (Å²) in [5, 5.41) is 3.06. The van der Waals surface area contributed by atoms with E-state index in [1.165, 1.54) is 83.5 Å². The maximum Gasteiger partial charge on any atom is 0.472 e. The quantitative estimate of drug-likeness (QED) is 0.0205. The molecule has 0 spiro atoms. The van der Waals surface area contributed by atoms with Crippen LogP contribution in [-0.2, 0) is 27.9 Å². The lowest BCUT2D eigenvalue weighted by molar-refractivity contribution is -0.870. The van der Waals surface area contributed by atoms with Crippen LogP contribution in [0.2, 0.25) is 0 Å². The predicted molar refractivity (Wildman–Crippen MR) is 378 cm³/mol. The van der Waals surface area contributed by atoms with E-state index in [9.17, 15) is 19.0 Å². The molecule has 87 heavy (non-hydrogen) atoms. The zero-order valence-corrected chi connectivity index (χ0v) is 57.6. The van der Waals surface area contributed by atoms with E-state index in [4.69, 9.17) is 13.8 Å². The lowest BCUT2D eigenvalue weighted by Crippen LogP contribution is -2.47. The molecule has 1 amide bonds. The number of esters is 1. The number of phosphoric acid groups is 1. The lowest BCUT2D eigenvalue weighted by Gasteiger charge is -2.27. The molecule has 0 aromatic carbocycles. The van der Waals surface area contributed by atoms with Gasteiger partial charge in [0.15, 0.2) is 0 Å². The molecule has 0 aliphatic carbocycles. The molecule has 0 saturated heterocycles. The highest BCUT2D eigenvalue weighted by Crippen LogP contribution is 2.43. The van der Waals surface area contributed by atoms with Crippen molar-refractivity contribution in [2.45, 2.75) is 290 Å². The first kappa shape index (κ1) is 82.9. The van der Waals surface area contributed by atoms with Gasteiger partial charge in [-0.3, -0.25) is 18.6 Å². The highest BCUT2D eigenvalue weighted by Gasteiger charge is 2.30. The number of likely N-dealkylation sites (N-methyl/N-ethyl adjacent to an activating group) is 1. The average Bonchev–Trinajstić information content (AvgIpc) is 3.69. The Morgan fingerprint density at radius 2 is 0.736 bits per heavy atom. The van der Waals surface area contributed by atoms with Crippen LogP contribution in [0.1, 0.15) is 278 Å². The van der Waals surface area contributed by atoms with Crippen LogP contribution in [-0.4, -0.2) is 74.3 Å². The van der Waals surface area contributed by atoms with Crippen molar-refractivity contribution in [1.29, 1.82) is 0 Å². The topological polar surface area (TPSA) is 111 Å². The van der Waals surface area contributed by atoms with Crippen LogP contribution in [0.4, 0.5) is 0 Å². The Kier molecular flexibility index (Phi) is 61.8. The number of unbranched alkanes of at least 4 members (excludes halogenated alkanes) is 24. The Morgan fingerprint density at radius 3 is 1.10 bits per heavy atom. The fourth-order valence-corrected chi connectivity index (χ4v) is 10.2. The van der Waals surface area contributed by atoms with Gasteiger partial charge < -0.3 is 19.4 Å². The highest BCUT2D eigenvalue weighted by atomic mass is 31.2. The molecule has 0 aromatic heterocycles. The van der Waals surface area contributed by atoms with Gasteiger partial charge in [0.25, 0.3) is 0 Å². The first-order valence-electron chi connectivity index (χ1n) is 35.2. The summed E-state index contributed by atoms with van der Waals surface area (Å²) in [4.78, 5) is 37.9. The summed E-state index contributed by atoms with van der Waals surface area (Å²) >= 11 is 0. The monoisotopic (exact) mass is 1230 g/mol. The van der Waals surface area contributed by atoms with E-state index in [2.05, 4.69) is 160 Å². The number of carbonyl (C=O) groups excluding carboxylic acids is 2. The fourth-order valence-electron chi connectivity index (χ4n) is 9.44. The van der Waals surface area contributed by atoms with Gasteiger partial charge in [0.05, 0.1) is 33.8 Å². The zero-order chi connectivity index (χ0) is 63.5. The van der Waals surface area contributed by atoms with Crippen LogP contribution in [0.15, 0.2) is 146 Å². The molecule has 0 saturated carbocycles. The van der Waals surface area contributed by atoms with Crippen molar-refractivity contribution in [3.63, 3.8) is 0 Å². The van der Waals surface area contributed by atoms with Crippen LogP contribution < -0.4 is 5.32 Å². The van der Waals surface area contributed by atoms with Crippen molar-refractivity contribution >= 4 is 19.7 Å². The second-order valence-corrected chi connectivity index (χ2v) is 25.7. The van der Waals surface area contributed by atoms with Gasteiger partial charge >= 0.3 is 13.8 Å². The first-order chi connectivity index (χ1) is 42.4. The molecular formula is C77H132N2O7P+. The number of allylic oxidation sites excluding steroid dienone is 23. The van der Waals surface area contributed by atoms with E-state index in [0.717, 1.165) is 154 Å². The van der Waals surface area contributed by atoms with Gasteiger partial charge in [-0.2, -0.15) is 0 Å². The number of nitrogens with zero attached hydrogens (tertiary/aromatic N) is 1. The van der Waals surface area contributed by atoms with E-state index in [1.54, 1.807) is 0 Å². The van der Waals surface area contributed by atoms with E-state index in [-0.39, 0.29) is 31.5 Å². The number of ether oxygens (including phenoxy) is 1. The van der Waals surface area contributed by atoms with Crippen molar-refractivity contribution in [3.8, 4) is 0 Å². The van der Waals surface area contributed by atoms with Crippen LogP contribution >= 0.6 is 7.82 Å². The van der Waals surface area contributed by atoms with E-state index in [0.29, 0.717) is 23.9 Å². The zero-order valence-electron chi connectivity index (χ0n) is 56.7. The first-order valence-corrected chi connectivity index (χ1v) is 36.7. The average molecular weight is 1230 g/mol. The Morgan fingerprint density at radius 1 is 0.414 bits per heavy atom. The lowest BCUT2D eigenvalue weighted by atomic mass is 10.0. The Labute approximate surface area is 536 Å². The summed E-state index contributed by atoms with van der Waals surface area (Å²) in [5.74, 6) is -0.543. The van der Waals surface area contributed by atoms with Crippen molar-refractivity contribution in [2.24, 2.45) is 0 Å². The second-order valence-electron chi connectivity index (χ2n) is 24.3. The number of phosphoric ester groups is 1. The van der Waals surface area contributed by atoms with Crippen molar-refractivity contribution < 1.29 is 37.3 Å². The molecule has 0 aliphatic rings. The van der Waals surface area contributed by atoms with Gasteiger partial charge in [0, 0.05) is 12.8 Å². The fraction of sp³-hybridized carbons (Fsp3) is 0.662. The smallest absolute Gasteiger partial charge is 0.456 e. The minimum atomic E-state index is -4.47. The van der Waals surface area contributed by atoms with Crippen LogP contribution in [0.25, 0.3) is 0 Å². The van der Waals surface area contributed by atoms with Gasteiger partial charge in [0.2, 0.25) is 5.91 Å².